The SMILES string of the molecule is CC(C)(c1ccc(O)cc1)c1c(Oc2ccccc2)cc(Oc2ccccc2)cc1Oc1ccccc1. The van der Waals surface area contributed by atoms with Crippen LogP contribution in [0.5, 0.6) is 40.2 Å². The van der Waals surface area contributed by atoms with E-state index < -0.39 is 5.41 Å². The van der Waals surface area contributed by atoms with Crippen molar-refractivity contribution in [3.8, 4) is 40.2 Å². The molecule has 0 saturated carbocycles. The number of aromatic hydroxyl groups is 1. The zero-order chi connectivity index (χ0) is 25.7. The van der Waals surface area contributed by atoms with Crippen molar-refractivity contribution in [3.05, 3.63) is 139 Å². The topological polar surface area (TPSA) is 47.9 Å². The molecule has 5 aromatic carbocycles. The van der Waals surface area contributed by atoms with Crippen molar-refractivity contribution < 1.29 is 19.3 Å². The highest BCUT2D eigenvalue weighted by molar-refractivity contribution is 5.60. The fourth-order valence-electron chi connectivity index (χ4n) is 4.28. The molecule has 0 aliphatic rings. The fourth-order valence-corrected chi connectivity index (χ4v) is 4.28. The summed E-state index contributed by atoms with van der Waals surface area (Å²) in [5, 5.41) is 9.90. The van der Waals surface area contributed by atoms with Crippen molar-refractivity contribution in [1.82, 2.24) is 0 Å². The lowest BCUT2D eigenvalue weighted by molar-refractivity contribution is 0.416. The molecule has 0 radical (unpaired) electrons. The molecule has 0 amide bonds. The molecular weight excluding hydrogens is 460 g/mol. The van der Waals surface area contributed by atoms with Crippen LogP contribution in [0.25, 0.3) is 0 Å². The summed E-state index contributed by atoms with van der Waals surface area (Å²) < 4.78 is 19.2. The second-order valence-electron chi connectivity index (χ2n) is 9.21. The first-order chi connectivity index (χ1) is 18.0. The van der Waals surface area contributed by atoms with Gasteiger partial charge in [-0.2, -0.15) is 0 Å². The zero-order valence-electron chi connectivity index (χ0n) is 20.8. The Morgan fingerprint density at radius 2 is 0.892 bits per heavy atom. The van der Waals surface area contributed by atoms with Gasteiger partial charge in [0.2, 0.25) is 0 Å². The molecule has 0 fully saturated rings. The van der Waals surface area contributed by atoms with Gasteiger partial charge >= 0.3 is 0 Å². The Balaban J connectivity index is 1.70. The lowest BCUT2D eigenvalue weighted by Gasteiger charge is -2.30. The molecule has 0 unspecified atom stereocenters. The molecule has 37 heavy (non-hydrogen) atoms. The molecule has 0 heterocycles. The van der Waals surface area contributed by atoms with Crippen LogP contribution in [0, 0.1) is 0 Å². The van der Waals surface area contributed by atoms with E-state index in [1.807, 2.05) is 115 Å². The molecule has 184 valence electrons. The quantitative estimate of drug-likeness (QED) is 0.237. The van der Waals surface area contributed by atoms with Crippen molar-refractivity contribution >= 4 is 0 Å². The number of hydrogen-bond donors (Lipinski definition) is 1. The van der Waals surface area contributed by atoms with Gasteiger partial charge in [0.15, 0.2) is 0 Å². The molecule has 0 aliphatic heterocycles. The third-order valence-electron chi connectivity index (χ3n) is 6.17. The largest absolute Gasteiger partial charge is 0.508 e. The Bertz CT molecular complexity index is 1380. The molecule has 0 bridgehead atoms. The molecule has 0 atom stereocenters. The first kappa shape index (κ1) is 24.0. The van der Waals surface area contributed by atoms with E-state index in [0.29, 0.717) is 34.5 Å². The van der Waals surface area contributed by atoms with E-state index >= 15 is 0 Å². The maximum atomic E-state index is 9.90. The van der Waals surface area contributed by atoms with Gasteiger partial charge in [-0.25, -0.2) is 0 Å². The summed E-state index contributed by atoms with van der Waals surface area (Å²) in [4.78, 5) is 0. The average Bonchev–Trinajstić information content (AvgIpc) is 2.90. The van der Waals surface area contributed by atoms with E-state index in [0.717, 1.165) is 11.1 Å². The Labute approximate surface area is 217 Å². The number of ether oxygens (including phenoxy) is 3. The second-order valence-corrected chi connectivity index (χ2v) is 9.21. The van der Waals surface area contributed by atoms with Crippen molar-refractivity contribution in [3.63, 3.8) is 0 Å². The van der Waals surface area contributed by atoms with Gasteiger partial charge < -0.3 is 19.3 Å². The van der Waals surface area contributed by atoms with Gasteiger partial charge in [-0.3, -0.25) is 0 Å². The summed E-state index contributed by atoms with van der Waals surface area (Å²) >= 11 is 0. The Morgan fingerprint density at radius 3 is 1.32 bits per heavy atom. The Hall–Kier alpha value is -4.70. The van der Waals surface area contributed by atoms with E-state index in [1.54, 1.807) is 12.1 Å². The Kier molecular flexibility index (Phi) is 6.82. The van der Waals surface area contributed by atoms with E-state index in [2.05, 4.69) is 13.8 Å². The number of para-hydroxylation sites is 3. The van der Waals surface area contributed by atoms with Crippen molar-refractivity contribution in [2.24, 2.45) is 0 Å². The number of phenolic OH excluding ortho intramolecular Hbond substituents is 1. The summed E-state index contributed by atoms with van der Waals surface area (Å²) in [5.41, 5.74) is 1.30. The third-order valence-corrected chi connectivity index (χ3v) is 6.17. The van der Waals surface area contributed by atoms with Gasteiger partial charge in [0.1, 0.15) is 40.2 Å². The Morgan fingerprint density at radius 1 is 0.486 bits per heavy atom. The van der Waals surface area contributed by atoms with Gasteiger partial charge in [-0.1, -0.05) is 80.6 Å². The first-order valence-corrected chi connectivity index (χ1v) is 12.2. The summed E-state index contributed by atoms with van der Waals surface area (Å²) in [6.45, 7) is 4.23. The summed E-state index contributed by atoms with van der Waals surface area (Å²) in [5.74, 6) is 4.15. The van der Waals surface area contributed by atoms with Crippen LogP contribution < -0.4 is 14.2 Å². The lowest BCUT2D eigenvalue weighted by atomic mass is 9.77. The van der Waals surface area contributed by atoms with E-state index in [1.165, 1.54) is 0 Å². The van der Waals surface area contributed by atoms with Crippen LogP contribution in [-0.2, 0) is 5.41 Å². The minimum Gasteiger partial charge on any atom is -0.508 e. The summed E-state index contributed by atoms with van der Waals surface area (Å²) in [6, 6.07) is 40.0. The van der Waals surface area contributed by atoms with E-state index in [9.17, 15) is 5.11 Å². The third kappa shape index (κ3) is 5.60. The van der Waals surface area contributed by atoms with Crippen molar-refractivity contribution in [2.45, 2.75) is 19.3 Å². The van der Waals surface area contributed by atoms with Crippen LogP contribution in [0.4, 0.5) is 0 Å². The van der Waals surface area contributed by atoms with E-state index in [-0.39, 0.29) is 5.75 Å². The maximum Gasteiger partial charge on any atom is 0.138 e. The molecule has 0 saturated heterocycles. The standard InChI is InChI=1S/C33H28O4/c1-33(2,24-18-20-25(34)21-19-24)32-30(36-27-14-8-4-9-15-27)22-29(35-26-12-6-3-7-13-26)23-31(32)37-28-16-10-5-11-17-28/h3-23,34H,1-2H3. The monoisotopic (exact) mass is 488 g/mol. The number of phenols is 1. The molecule has 0 aromatic heterocycles. The highest BCUT2D eigenvalue weighted by Gasteiger charge is 2.32. The van der Waals surface area contributed by atoms with Crippen LogP contribution in [0.2, 0.25) is 0 Å². The zero-order valence-corrected chi connectivity index (χ0v) is 20.8. The molecule has 4 heteroatoms. The first-order valence-electron chi connectivity index (χ1n) is 12.2. The molecule has 4 nitrogen and oxygen atoms in total. The van der Waals surface area contributed by atoms with Crippen LogP contribution in [-0.4, -0.2) is 5.11 Å². The van der Waals surface area contributed by atoms with Crippen molar-refractivity contribution in [1.29, 1.82) is 0 Å². The molecule has 5 rings (SSSR count). The highest BCUT2D eigenvalue weighted by atomic mass is 16.5. The van der Waals surface area contributed by atoms with Gasteiger partial charge in [-0.05, 0) is 54.1 Å². The van der Waals surface area contributed by atoms with Crippen LogP contribution in [0.15, 0.2) is 127 Å². The molecule has 1 N–H and O–H groups in total. The molecular formula is C33H28O4. The molecule has 0 aliphatic carbocycles. The number of benzene rings is 5. The average molecular weight is 489 g/mol. The van der Waals surface area contributed by atoms with Gasteiger partial charge in [0, 0.05) is 23.1 Å². The lowest BCUT2D eigenvalue weighted by Crippen LogP contribution is -2.21. The smallest absolute Gasteiger partial charge is 0.138 e. The number of rotatable bonds is 8. The summed E-state index contributed by atoms with van der Waals surface area (Å²) in [6.07, 6.45) is 0. The van der Waals surface area contributed by atoms with Crippen LogP contribution in [0.3, 0.4) is 0 Å². The predicted molar refractivity (Wildman–Crippen MR) is 146 cm³/mol. The summed E-state index contributed by atoms with van der Waals surface area (Å²) in [7, 11) is 0. The van der Waals surface area contributed by atoms with Gasteiger partial charge in [-0.15, -0.1) is 0 Å². The van der Waals surface area contributed by atoms with E-state index in [4.69, 9.17) is 14.2 Å². The van der Waals surface area contributed by atoms with Crippen LogP contribution in [0.1, 0.15) is 25.0 Å². The normalized spacial score (nSPS) is 11.1. The fraction of sp³-hybridized carbons (Fsp3) is 0.0909. The molecule has 5 aromatic rings. The maximum absolute atomic E-state index is 9.90. The number of hydrogen-bond acceptors (Lipinski definition) is 4. The highest BCUT2D eigenvalue weighted by Crippen LogP contribution is 2.48. The predicted octanol–water partition coefficient (Wildman–Crippen LogP) is 9.10. The van der Waals surface area contributed by atoms with Crippen LogP contribution >= 0.6 is 0 Å². The van der Waals surface area contributed by atoms with Gasteiger partial charge in [0.25, 0.3) is 0 Å². The second kappa shape index (κ2) is 10.5. The van der Waals surface area contributed by atoms with Crippen molar-refractivity contribution in [2.75, 3.05) is 0 Å². The minimum absolute atomic E-state index is 0.215. The minimum atomic E-state index is -0.548. The van der Waals surface area contributed by atoms with Gasteiger partial charge in [0.05, 0.1) is 0 Å². The molecule has 0 spiro atoms.